The average Bonchev–Trinajstić information content (AvgIpc) is 2.37. The van der Waals surface area contributed by atoms with Crippen LogP contribution in [0, 0.1) is 0 Å². The quantitative estimate of drug-likeness (QED) is 0.548. The van der Waals surface area contributed by atoms with Gasteiger partial charge in [-0.2, -0.15) is 0 Å². The fourth-order valence-electron chi connectivity index (χ4n) is 1.88. The molecule has 1 unspecified atom stereocenters. The number of hydrogen-bond donors (Lipinski definition) is 2. The predicted octanol–water partition coefficient (Wildman–Crippen LogP) is 0.894. The maximum Gasteiger partial charge on any atom is 0.147 e. The number of methoxy groups -OCH3 is 1. The van der Waals surface area contributed by atoms with E-state index in [1.165, 1.54) is 6.26 Å². The highest BCUT2D eigenvalue weighted by molar-refractivity contribution is 7.90. The average molecular weight is 286 g/mol. The summed E-state index contributed by atoms with van der Waals surface area (Å²) in [6.07, 6.45) is 3.37. The zero-order chi connectivity index (χ0) is 14.3. The Morgan fingerprint density at radius 2 is 1.95 bits per heavy atom. The van der Waals surface area contributed by atoms with Gasteiger partial charge in [0.1, 0.15) is 15.6 Å². The van der Waals surface area contributed by atoms with E-state index in [9.17, 15) is 8.42 Å². The fourth-order valence-corrected chi connectivity index (χ4v) is 2.57. The number of nitrogens with two attached hydrogens (primary N) is 1. The Morgan fingerprint density at radius 3 is 2.42 bits per heavy atom. The molecule has 1 atom stereocenters. The van der Waals surface area contributed by atoms with Crippen molar-refractivity contribution in [3.63, 3.8) is 0 Å². The topological polar surface area (TPSA) is 81.4 Å². The number of sulfone groups is 1. The van der Waals surface area contributed by atoms with Gasteiger partial charge in [0.25, 0.3) is 0 Å². The Morgan fingerprint density at radius 1 is 1.32 bits per heavy atom. The van der Waals surface area contributed by atoms with Crippen LogP contribution in [0.25, 0.3) is 0 Å². The monoisotopic (exact) mass is 286 g/mol. The van der Waals surface area contributed by atoms with E-state index in [-0.39, 0.29) is 11.8 Å². The summed E-state index contributed by atoms with van der Waals surface area (Å²) >= 11 is 0. The molecule has 0 aliphatic rings. The molecule has 0 radical (unpaired) electrons. The third-order valence-corrected chi connectivity index (χ3v) is 3.97. The highest BCUT2D eigenvalue weighted by Crippen LogP contribution is 2.14. The molecule has 0 saturated heterocycles. The molecule has 1 aromatic rings. The molecule has 6 heteroatoms. The first-order valence-electron chi connectivity index (χ1n) is 6.21. The van der Waals surface area contributed by atoms with Crippen LogP contribution in [0.2, 0.25) is 0 Å². The van der Waals surface area contributed by atoms with Crippen molar-refractivity contribution in [1.82, 2.24) is 5.43 Å². The number of hydrazine groups is 1. The van der Waals surface area contributed by atoms with E-state index in [4.69, 9.17) is 10.6 Å². The molecule has 5 nitrogen and oxygen atoms in total. The fraction of sp³-hybridized carbons (Fsp3) is 0.538. The van der Waals surface area contributed by atoms with Crippen molar-refractivity contribution >= 4 is 9.84 Å². The van der Waals surface area contributed by atoms with Crippen molar-refractivity contribution in [3.8, 4) is 5.75 Å². The third kappa shape index (κ3) is 6.56. The van der Waals surface area contributed by atoms with E-state index in [2.05, 4.69) is 5.43 Å². The summed E-state index contributed by atoms with van der Waals surface area (Å²) in [5.41, 5.74) is 3.88. The van der Waals surface area contributed by atoms with Gasteiger partial charge in [0.15, 0.2) is 0 Å². The first kappa shape index (κ1) is 15.9. The molecular weight excluding hydrogens is 264 g/mol. The minimum Gasteiger partial charge on any atom is -0.497 e. The van der Waals surface area contributed by atoms with Crippen molar-refractivity contribution < 1.29 is 13.2 Å². The van der Waals surface area contributed by atoms with Gasteiger partial charge >= 0.3 is 0 Å². The Labute approximate surface area is 115 Å². The normalized spacial score (nSPS) is 13.2. The van der Waals surface area contributed by atoms with Crippen LogP contribution in [0.1, 0.15) is 18.4 Å². The highest BCUT2D eigenvalue weighted by atomic mass is 32.2. The van der Waals surface area contributed by atoms with Crippen molar-refractivity contribution in [3.05, 3.63) is 29.8 Å². The number of hydrogen-bond acceptors (Lipinski definition) is 5. The van der Waals surface area contributed by atoms with Crippen LogP contribution in [0.4, 0.5) is 0 Å². The van der Waals surface area contributed by atoms with Gasteiger partial charge in [-0.1, -0.05) is 12.1 Å². The van der Waals surface area contributed by atoms with Crippen LogP contribution in [-0.2, 0) is 16.3 Å². The van der Waals surface area contributed by atoms with E-state index in [0.717, 1.165) is 24.2 Å². The largest absolute Gasteiger partial charge is 0.497 e. The van der Waals surface area contributed by atoms with Gasteiger partial charge < -0.3 is 4.74 Å². The molecule has 108 valence electrons. The zero-order valence-electron chi connectivity index (χ0n) is 11.4. The van der Waals surface area contributed by atoms with E-state index in [1.807, 2.05) is 24.3 Å². The summed E-state index contributed by atoms with van der Waals surface area (Å²) in [6.45, 7) is 0. The van der Waals surface area contributed by atoms with Gasteiger partial charge in [-0.25, -0.2) is 8.42 Å². The molecule has 0 bridgehead atoms. The molecule has 0 fully saturated rings. The number of benzene rings is 1. The second kappa shape index (κ2) is 7.47. The number of rotatable bonds is 8. The van der Waals surface area contributed by atoms with E-state index in [0.29, 0.717) is 6.42 Å². The molecule has 0 aromatic heterocycles. The third-order valence-electron chi connectivity index (χ3n) is 2.94. The first-order chi connectivity index (χ1) is 8.94. The summed E-state index contributed by atoms with van der Waals surface area (Å²) in [7, 11) is -1.27. The van der Waals surface area contributed by atoms with Crippen LogP contribution >= 0.6 is 0 Å². The molecule has 0 saturated carbocycles. The smallest absolute Gasteiger partial charge is 0.147 e. The Bertz CT molecular complexity index is 471. The second-order valence-corrected chi connectivity index (χ2v) is 6.95. The molecule has 0 aliphatic heterocycles. The molecule has 1 aromatic carbocycles. The van der Waals surface area contributed by atoms with Crippen molar-refractivity contribution in [2.24, 2.45) is 5.84 Å². The Balaban J connectivity index is 2.46. The standard InChI is InChI=1S/C13H22N2O3S/c1-18-13-7-5-11(6-8-13)10-12(15-14)4-3-9-19(2,16)17/h5-8,12,15H,3-4,9-10,14H2,1-2H3. The number of nitrogens with one attached hydrogen (secondary N) is 1. The van der Waals surface area contributed by atoms with Crippen LogP contribution in [-0.4, -0.2) is 33.6 Å². The SMILES string of the molecule is COc1ccc(CC(CCCS(C)(=O)=O)NN)cc1. The van der Waals surface area contributed by atoms with E-state index < -0.39 is 9.84 Å². The minimum absolute atomic E-state index is 0.0788. The summed E-state index contributed by atoms with van der Waals surface area (Å²) < 4.78 is 27.2. The lowest BCUT2D eigenvalue weighted by Crippen LogP contribution is -2.37. The molecule has 3 N–H and O–H groups in total. The van der Waals surface area contributed by atoms with E-state index in [1.54, 1.807) is 7.11 Å². The van der Waals surface area contributed by atoms with Gasteiger partial charge in [-0.3, -0.25) is 11.3 Å². The minimum atomic E-state index is -2.89. The summed E-state index contributed by atoms with van der Waals surface area (Å²) in [5, 5.41) is 0. The summed E-state index contributed by atoms with van der Waals surface area (Å²) in [6, 6.07) is 7.85. The highest BCUT2D eigenvalue weighted by Gasteiger charge is 2.10. The van der Waals surface area contributed by atoms with Crippen LogP contribution in [0.5, 0.6) is 5.75 Å². The van der Waals surface area contributed by atoms with Crippen LogP contribution < -0.4 is 16.0 Å². The van der Waals surface area contributed by atoms with Crippen molar-refractivity contribution in [2.75, 3.05) is 19.1 Å². The second-order valence-electron chi connectivity index (χ2n) is 4.69. The van der Waals surface area contributed by atoms with Gasteiger partial charge in [-0.15, -0.1) is 0 Å². The summed E-state index contributed by atoms with van der Waals surface area (Å²) in [5.74, 6) is 6.52. The Hall–Kier alpha value is -1.11. The first-order valence-corrected chi connectivity index (χ1v) is 8.27. The van der Waals surface area contributed by atoms with Gasteiger partial charge in [-0.05, 0) is 37.0 Å². The number of ether oxygens (including phenoxy) is 1. The van der Waals surface area contributed by atoms with Crippen LogP contribution in [0.15, 0.2) is 24.3 Å². The molecule has 0 heterocycles. The lowest BCUT2D eigenvalue weighted by Gasteiger charge is -2.15. The molecule has 0 amide bonds. The van der Waals surface area contributed by atoms with E-state index >= 15 is 0 Å². The molecule has 0 spiro atoms. The lowest BCUT2D eigenvalue weighted by atomic mass is 10.0. The predicted molar refractivity (Wildman–Crippen MR) is 76.8 cm³/mol. The molecular formula is C13H22N2O3S. The molecule has 1 rings (SSSR count). The van der Waals surface area contributed by atoms with Gasteiger partial charge in [0.05, 0.1) is 7.11 Å². The maximum atomic E-state index is 11.1. The molecule has 19 heavy (non-hydrogen) atoms. The van der Waals surface area contributed by atoms with Crippen molar-refractivity contribution in [1.29, 1.82) is 0 Å². The van der Waals surface area contributed by atoms with Crippen LogP contribution in [0.3, 0.4) is 0 Å². The lowest BCUT2D eigenvalue weighted by molar-refractivity contribution is 0.414. The summed E-state index contributed by atoms with van der Waals surface area (Å²) in [4.78, 5) is 0. The zero-order valence-corrected chi connectivity index (χ0v) is 12.2. The maximum absolute atomic E-state index is 11.1. The van der Waals surface area contributed by atoms with Gasteiger partial charge in [0.2, 0.25) is 0 Å². The molecule has 0 aliphatic carbocycles. The van der Waals surface area contributed by atoms with Crippen molar-refractivity contribution in [2.45, 2.75) is 25.3 Å². The van der Waals surface area contributed by atoms with Gasteiger partial charge in [0, 0.05) is 18.1 Å². The Kier molecular flexibility index (Phi) is 6.27.